The van der Waals surface area contributed by atoms with Gasteiger partial charge in [0.1, 0.15) is 5.76 Å². The van der Waals surface area contributed by atoms with Crippen LogP contribution in [0, 0.1) is 0 Å². The van der Waals surface area contributed by atoms with Gasteiger partial charge in [0.15, 0.2) is 0 Å². The molecule has 0 bridgehead atoms. The summed E-state index contributed by atoms with van der Waals surface area (Å²) in [6, 6.07) is 25.5. The average Bonchev–Trinajstić information content (AvgIpc) is 3.26. The maximum absolute atomic E-state index is 5.71. The molecule has 22 heavy (non-hydrogen) atoms. The molecule has 2 atom stereocenters. The maximum Gasteiger partial charge on any atom is 0.111 e. The second kappa shape index (κ2) is 5.69. The van der Waals surface area contributed by atoms with E-state index in [2.05, 4.69) is 72.8 Å². The van der Waals surface area contributed by atoms with Gasteiger partial charge in [0, 0.05) is 11.8 Å². The van der Waals surface area contributed by atoms with Crippen molar-refractivity contribution in [2.45, 2.75) is 18.3 Å². The molecule has 1 nitrogen and oxygen atoms in total. The molecule has 0 saturated carbocycles. The minimum Gasteiger partial charge on any atom is -0.469 e. The third-order valence-electron chi connectivity index (χ3n) is 4.50. The summed E-state index contributed by atoms with van der Waals surface area (Å²) in [5.41, 5.74) is 4.11. The molecule has 3 aromatic rings. The molecule has 2 aromatic carbocycles. The van der Waals surface area contributed by atoms with Crippen LogP contribution in [0.5, 0.6) is 0 Å². The fourth-order valence-corrected chi connectivity index (χ4v) is 3.42. The zero-order valence-electron chi connectivity index (χ0n) is 12.4. The van der Waals surface area contributed by atoms with Gasteiger partial charge in [-0.1, -0.05) is 66.7 Å². The van der Waals surface area contributed by atoms with Crippen LogP contribution in [0.1, 0.15) is 35.1 Å². The molecule has 0 aliphatic heterocycles. The Kier molecular flexibility index (Phi) is 3.40. The summed E-state index contributed by atoms with van der Waals surface area (Å²) in [6.07, 6.45) is 5.21. The molecule has 4 rings (SSSR count). The van der Waals surface area contributed by atoms with Crippen molar-refractivity contribution in [2.24, 2.45) is 0 Å². The summed E-state index contributed by atoms with van der Waals surface area (Å²) < 4.78 is 5.71. The van der Waals surface area contributed by atoms with Gasteiger partial charge in [-0.05, 0) is 35.3 Å². The fourth-order valence-electron chi connectivity index (χ4n) is 3.42. The largest absolute Gasteiger partial charge is 0.469 e. The van der Waals surface area contributed by atoms with E-state index in [-0.39, 0.29) is 0 Å². The van der Waals surface area contributed by atoms with Crippen molar-refractivity contribution >= 4 is 5.57 Å². The lowest BCUT2D eigenvalue weighted by molar-refractivity contribution is 0.467. The third kappa shape index (κ3) is 2.39. The van der Waals surface area contributed by atoms with Crippen LogP contribution in [-0.2, 0) is 0 Å². The molecule has 1 aliphatic carbocycles. The van der Waals surface area contributed by atoms with Crippen LogP contribution in [0.4, 0.5) is 0 Å². The summed E-state index contributed by atoms with van der Waals surface area (Å²) in [7, 11) is 0. The molecule has 0 spiro atoms. The van der Waals surface area contributed by atoms with Crippen LogP contribution in [0.15, 0.2) is 89.6 Å². The van der Waals surface area contributed by atoms with E-state index in [1.54, 1.807) is 6.26 Å². The highest BCUT2D eigenvalue weighted by atomic mass is 16.3. The van der Waals surface area contributed by atoms with E-state index in [1.165, 1.54) is 16.7 Å². The monoisotopic (exact) mass is 286 g/mol. The van der Waals surface area contributed by atoms with E-state index in [9.17, 15) is 0 Å². The first-order valence-corrected chi connectivity index (χ1v) is 7.76. The summed E-state index contributed by atoms with van der Waals surface area (Å²) in [4.78, 5) is 0. The van der Waals surface area contributed by atoms with Gasteiger partial charge in [0.25, 0.3) is 0 Å². The lowest BCUT2D eigenvalue weighted by Crippen LogP contribution is -2.04. The average molecular weight is 286 g/mol. The highest BCUT2D eigenvalue weighted by Crippen LogP contribution is 2.47. The first kappa shape index (κ1) is 13.1. The topological polar surface area (TPSA) is 13.1 Å². The summed E-state index contributed by atoms with van der Waals surface area (Å²) in [6.45, 7) is 0. The molecule has 1 aliphatic rings. The Labute approximate surface area is 130 Å². The van der Waals surface area contributed by atoms with Crippen molar-refractivity contribution in [2.75, 3.05) is 0 Å². The molecule has 1 heteroatoms. The predicted octanol–water partition coefficient (Wildman–Crippen LogP) is 5.63. The minimum absolute atomic E-state index is 0.313. The molecule has 0 radical (unpaired) electrons. The molecule has 0 fully saturated rings. The minimum atomic E-state index is 0.313. The molecular weight excluding hydrogens is 268 g/mol. The summed E-state index contributed by atoms with van der Waals surface area (Å²) >= 11 is 0. The highest BCUT2D eigenvalue weighted by molar-refractivity contribution is 5.70. The van der Waals surface area contributed by atoms with Gasteiger partial charge in [-0.25, -0.2) is 0 Å². The van der Waals surface area contributed by atoms with Gasteiger partial charge >= 0.3 is 0 Å². The molecular formula is C21H18O. The number of allylic oxidation sites excluding steroid dienone is 2. The van der Waals surface area contributed by atoms with E-state index in [4.69, 9.17) is 4.42 Å². The van der Waals surface area contributed by atoms with Gasteiger partial charge in [0.05, 0.1) is 6.26 Å². The van der Waals surface area contributed by atoms with Crippen LogP contribution in [0.2, 0.25) is 0 Å². The van der Waals surface area contributed by atoms with Crippen molar-refractivity contribution in [3.63, 3.8) is 0 Å². The first-order valence-electron chi connectivity index (χ1n) is 7.76. The van der Waals surface area contributed by atoms with Crippen molar-refractivity contribution in [3.05, 3.63) is 102 Å². The van der Waals surface area contributed by atoms with Crippen LogP contribution in [-0.4, -0.2) is 0 Å². The standard InChI is InChI=1S/C21H18O/c1-3-8-16(9-4-1)18-14-19(17-10-5-2-6-11-17)20(15-18)21-12-7-13-22-21/h1-13,15,19-20H,14H2/t19-,20-/m1/s1. The Morgan fingerprint density at radius 1 is 0.773 bits per heavy atom. The second-order valence-electron chi connectivity index (χ2n) is 5.82. The highest BCUT2D eigenvalue weighted by Gasteiger charge is 2.32. The molecule has 1 aromatic heterocycles. The van der Waals surface area contributed by atoms with Crippen LogP contribution in [0.25, 0.3) is 5.57 Å². The fraction of sp³-hybridized carbons (Fsp3) is 0.143. The third-order valence-corrected chi connectivity index (χ3v) is 4.50. The smallest absolute Gasteiger partial charge is 0.111 e. The molecule has 108 valence electrons. The summed E-state index contributed by atoms with van der Waals surface area (Å²) in [5.74, 6) is 1.81. The first-order chi connectivity index (χ1) is 10.9. The Morgan fingerprint density at radius 3 is 2.18 bits per heavy atom. The van der Waals surface area contributed by atoms with Crippen molar-refractivity contribution < 1.29 is 4.42 Å². The van der Waals surface area contributed by atoms with E-state index in [1.807, 2.05) is 6.07 Å². The molecule has 0 unspecified atom stereocenters. The zero-order chi connectivity index (χ0) is 14.8. The lowest BCUT2D eigenvalue weighted by Gasteiger charge is -2.18. The van der Waals surface area contributed by atoms with Gasteiger partial charge < -0.3 is 4.42 Å². The van der Waals surface area contributed by atoms with E-state index < -0.39 is 0 Å². The van der Waals surface area contributed by atoms with Gasteiger partial charge in [0.2, 0.25) is 0 Å². The van der Waals surface area contributed by atoms with Crippen molar-refractivity contribution in [1.29, 1.82) is 0 Å². The maximum atomic E-state index is 5.71. The van der Waals surface area contributed by atoms with E-state index in [0.29, 0.717) is 11.8 Å². The number of furan rings is 1. The van der Waals surface area contributed by atoms with Crippen molar-refractivity contribution in [3.8, 4) is 0 Å². The normalized spacial score (nSPS) is 20.8. The molecule has 0 saturated heterocycles. The number of hydrogen-bond acceptors (Lipinski definition) is 1. The molecule has 0 amide bonds. The zero-order valence-corrected chi connectivity index (χ0v) is 12.4. The van der Waals surface area contributed by atoms with Gasteiger partial charge in [-0.2, -0.15) is 0 Å². The quantitative estimate of drug-likeness (QED) is 0.607. The van der Waals surface area contributed by atoms with Crippen LogP contribution in [0.3, 0.4) is 0 Å². The van der Waals surface area contributed by atoms with Crippen LogP contribution >= 0.6 is 0 Å². The SMILES string of the molecule is C1=C(c2ccccc2)C[C@H](c2ccccc2)[C@@H]1c1ccco1. The van der Waals surface area contributed by atoms with Crippen LogP contribution < -0.4 is 0 Å². The summed E-state index contributed by atoms with van der Waals surface area (Å²) in [5, 5.41) is 0. The predicted molar refractivity (Wildman–Crippen MR) is 89.7 cm³/mol. The molecule has 1 heterocycles. The van der Waals surface area contributed by atoms with E-state index in [0.717, 1.165) is 12.2 Å². The van der Waals surface area contributed by atoms with E-state index >= 15 is 0 Å². The van der Waals surface area contributed by atoms with Crippen molar-refractivity contribution in [1.82, 2.24) is 0 Å². The number of hydrogen-bond donors (Lipinski definition) is 0. The number of benzene rings is 2. The second-order valence-corrected chi connectivity index (χ2v) is 5.82. The number of rotatable bonds is 3. The lowest BCUT2D eigenvalue weighted by atomic mass is 9.86. The Hall–Kier alpha value is -2.54. The Bertz CT molecular complexity index is 754. The Morgan fingerprint density at radius 2 is 1.50 bits per heavy atom. The molecule has 0 N–H and O–H groups in total. The van der Waals surface area contributed by atoms with Gasteiger partial charge in [-0.15, -0.1) is 0 Å². The Balaban J connectivity index is 1.74. The van der Waals surface area contributed by atoms with Gasteiger partial charge in [-0.3, -0.25) is 0 Å².